The summed E-state index contributed by atoms with van der Waals surface area (Å²) in [5, 5.41) is 9.48. The second kappa shape index (κ2) is 9.43. The smallest absolute Gasteiger partial charge is 0.434 e. The zero-order valence-corrected chi connectivity index (χ0v) is 19.6. The minimum atomic E-state index is -5.45. The molecule has 0 radical (unpaired) electrons. The van der Waals surface area contributed by atoms with Gasteiger partial charge in [-0.2, -0.15) is 18.4 Å². The molecule has 0 unspecified atom stereocenters. The number of aromatic amines is 1. The molecule has 16 heteroatoms. The van der Waals surface area contributed by atoms with E-state index in [9.17, 15) is 45.6 Å². The fraction of sp³-hybridized carbons (Fsp3) is 0.143. The number of hydrogen-bond acceptors (Lipinski definition) is 8. The number of anilines is 1. The number of nitrogens with zero attached hydrogens (tertiary/aromatic N) is 3. The van der Waals surface area contributed by atoms with Crippen molar-refractivity contribution in [2.45, 2.75) is 6.18 Å². The number of carbonyl (C=O) groups excluding carboxylic acids is 1. The van der Waals surface area contributed by atoms with Crippen LogP contribution in [-0.2, 0) is 16.2 Å². The Kier molecular flexibility index (Phi) is 6.86. The van der Waals surface area contributed by atoms with Crippen LogP contribution in [0, 0.1) is 17.1 Å². The van der Waals surface area contributed by atoms with Gasteiger partial charge in [-0.3, -0.25) is 14.6 Å². The Morgan fingerprint density at radius 2 is 1.78 bits per heavy atom. The standard InChI is InChI=1S/C21H15F4N5O6S/c1-36-12-5-3-10(4-6-12)19(32)30(37(2,34)35)15-8-13(14(22)7-11(15)9-26)16-17(21(23,24)25)29(27)20(33)28-18(16)31/h3-8H,27H2,1-2H3,(H,28,31,33). The maximum absolute atomic E-state index is 15.0. The first kappa shape index (κ1) is 26.9. The first-order valence-corrected chi connectivity index (χ1v) is 11.6. The van der Waals surface area contributed by atoms with Crippen molar-refractivity contribution in [3.8, 4) is 22.9 Å². The second-order valence-electron chi connectivity index (χ2n) is 7.37. The van der Waals surface area contributed by atoms with Crippen LogP contribution in [0.25, 0.3) is 11.1 Å². The number of methoxy groups -OCH3 is 1. The van der Waals surface area contributed by atoms with Crippen LogP contribution < -0.4 is 26.1 Å². The monoisotopic (exact) mass is 541 g/mol. The van der Waals surface area contributed by atoms with Gasteiger partial charge in [-0.15, -0.1) is 0 Å². The molecule has 0 fully saturated rings. The molecule has 3 N–H and O–H groups in total. The number of halogens is 4. The maximum Gasteiger partial charge on any atom is 0.434 e. The molecule has 0 aliphatic rings. The third-order valence-corrected chi connectivity index (χ3v) is 5.99. The fourth-order valence-corrected chi connectivity index (χ4v) is 4.29. The average molecular weight is 541 g/mol. The Hall–Kier alpha value is -4.65. The molecule has 0 saturated carbocycles. The summed E-state index contributed by atoms with van der Waals surface area (Å²) in [6.45, 7) is 0. The van der Waals surface area contributed by atoms with Gasteiger partial charge in [0.25, 0.3) is 11.5 Å². The van der Waals surface area contributed by atoms with Crippen molar-refractivity contribution >= 4 is 21.6 Å². The van der Waals surface area contributed by atoms with Crippen molar-refractivity contribution in [1.29, 1.82) is 5.26 Å². The molecule has 0 spiro atoms. The molecule has 1 heterocycles. The van der Waals surface area contributed by atoms with Crippen LogP contribution in [0.4, 0.5) is 23.2 Å². The van der Waals surface area contributed by atoms with Gasteiger partial charge in [0.1, 0.15) is 17.6 Å². The first-order chi connectivity index (χ1) is 17.1. The number of nitrogen functional groups attached to an aromatic ring is 1. The molecule has 0 atom stereocenters. The van der Waals surface area contributed by atoms with Crippen LogP contribution in [0.1, 0.15) is 21.6 Å². The van der Waals surface area contributed by atoms with Crippen molar-refractivity contribution in [3.05, 3.63) is 79.9 Å². The van der Waals surface area contributed by atoms with Crippen LogP contribution in [0.2, 0.25) is 0 Å². The molecule has 2 aromatic carbocycles. The van der Waals surface area contributed by atoms with Crippen molar-refractivity contribution < 1.29 is 35.5 Å². The van der Waals surface area contributed by atoms with Gasteiger partial charge in [0.05, 0.1) is 30.2 Å². The van der Waals surface area contributed by atoms with E-state index in [1.807, 2.05) is 0 Å². The van der Waals surface area contributed by atoms with E-state index >= 15 is 0 Å². The van der Waals surface area contributed by atoms with Crippen molar-refractivity contribution in [1.82, 2.24) is 9.66 Å². The summed E-state index contributed by atoms with van der Waals surface area (Å²) in [6.07, 6.45) is -4.89. The lowest BCUT2D eigenvalue weighted by molar-refractivity contribution is -0.143. The third-order valence-electron chi connectivity index (χ3n) is 4.96. The summed E-state index contributed by atoms with van der Waals surface area (Å²) in [5.41, 5.74) is -9.96. The minimum absolute atomic E-state index is 0.0657. The molecular weight excluding hydrogens is 526 g/mol. The van der Waals surface area contributed by atoms with E-state index in [0.29, 0.717) is 24.1 Å². The van der Waals surface area contributed by atoms with E-state index in [1.165, 1.54) is 42.4 Å². The number of aromatic nitrogens is 2. The molecular formula is C21H15F4N5O6S. The van der Waals surface area contributed by atoms with E-state index in [4.69, 9.17) is 10.6 Å². The van der Waals surface area contributed by atoms with Crippen molar-refractivity contribution in [2.75, 3.05) is 23.5 Å². The van der Waals surface area contributed by atoms with Crippen LogP contribution in [0.5, 0.6) is 5.75 Å². The summed E-state index contributed by atoms with van der Waals surface area (Å²) in [4.78, 5) is 38.7. The number of amides is 1. The Morgan fingerprint density at radius 1 is 1.19 bits per heavy atom. The molecule has 194 valence electrons. The maximum atomic E-state index is 15.0. The summed E-state index contributed by atoms with van der Waals surface area (Å²) in [5.74, 6) is 2.65. The number of carbonyl (C=O) groups is 1. The highest BCUT2D eigenvalue weighted by atomic mass is 32.2. The molecule has 0 bridgehead atoms. The number of H-pyrrole nitrogens is 1. The van der Waals surface area contributed by atoms with Crippen molar-refractivity contribution in [2.24, 2.45) is 0 Å². The van der Waals surface area contributed by atoms with Gasteiger partial charge in [0, 0.05) is 11.1 Å². The number of ether oxygens (including phenoxy) is 1. The lowest BCUT2D eigenvalue weighted by atomic mass is 10.0. The van der Waals surface area contributed by atoms with Crippen LogP contribution >= 0.6 is 0 Å². The Balaban J connectivity index is 2.40. The van der Waals surface area contributed by atoms with Crippen LogP contribution in [0.3, 0.4) is 0 Å². The molecule has 0 aliphatic heterocycles. The SMILES string of the molecule is COc1ccc(C(=O)N(c2cc(-c3c(C(F)(F)F)n(N)c(=O)[nH]c3=O)c(F)cc2C#N)S(C)(=O)=O)cc1. The molecule has 1 aromatic heterocycles. The van der Waals surface area contributed by atoms with Crippen LogP contribution in [0.15, 0.2) is 46.0 Å². The number of sulfonamides is 1. The highest BCUT2D eigenvalue weighted by Crippen LogP contribution is 2.38. The van der Waals surface area contributed by atoms with Gasteiger partial charge in [0.2, 0.25) is 10.0 Å². The van der Waals surface area contributed by atoms with Gasteiger partial charge in [-0.25, -0.2) is 26.6 Å². The predicted octanol–water partition coefficient (Wildman–Crippen LogP) is 1.56. The van der Waals surface area contributed by atoms with Crippen molar-refractivity contribution in [3.63, 3.8) is 0 Å². The predicted molar refractivity (Wildman–Crippen MR) is 121 cm³/mol. The second-order valence-corrected chi connectivity index (χ2v) is 9.20. The lowest BCUT2D eigenvalue weighted by Gasteiger charge is -2.23. The Bertz CT molecular complexity index is 1670. The molecule has 37 heavy (non-hydrogen) atoms. The van der Waals surface area contributed by atoms with E-state index < -0.39 is 71.9 Å². The summed E-state index contributed by atoms with van der Waals surface area (Å²) in [6, 6.07) is 7.19. The van der Waals surface area contributed by atoms with Gasteiger partial charge >= 0.3 is 11.9 Å². The molecule has 0 saturated heterocycles. The van der Waals surface area contributed by atoms with Gasteiger partial charge in [0.15, 0.2) is 5.69 Å². The first-order valence-electron chi connectivity index (χ1n) is 9.76. The third kappa shape index (κ3) is 5.02. The molecule has 11 nitrogen and oxygen atoms in total. The number of nitrogens with two attached hydrogens (primary N) is 1. The lowest BCUT2D eigenvalue weighted by Crippen LogP contribution is -2.41. The molecule has 3 aromatic rings. The molecule has 0 aliphatic carbocycles. The average Bonchev–Trinajstić information content (AvgIpc) is 2.80. The van der Waals surface area contributed by atoms with Gasteiger partial charge in [-0.05, 0) is 36.4 Å². The highest BCUT2D eigenvalue weighted by molar-refractivity contribution is 7.92. The largest absolute Gasteiger partial charge is 0.497 e. The van der Waals surface area contributed by atoms with Gasteiger partial charge < -0.3 is 10.6 Å². The molecule has 1 amide bonds. The number of rotatable bonds is 5. The number of benzene rings is 2. The number of alkyl halides is 3. The molecule has 3 rings (SSSR count). The van der Waals surface area contributed by atoms with Crippen LogP contribution in [-0.4, -0.2) is 37.4 Å². The zero-order chi connectivity index (χ0) is 27.9. The topological polar surface area (TPSA) is 168 Å². The highest BCUT2D eigenvalue weighted by Gasteiger charge is 2.40. The summed E-state index contributed by atoms with van der Waals surface area (Å²) < 4.78 is 86.1. The summed E-state index contributed by atoms with van der Waals surface area (Å²) >= 11 is 0. The Labute approximate surface area is 205 Å². The van der Waals surface area contributed by atoms with Gasteiger partial charge in [-0.1, -0.05) is 0 Å². The zero-order valence-electron chi connectivity index (χ0n) is 18.8. The number of nitrogens with one attached hydrogen (secondary N) is 1. The summed E-state index contributed by atoms with van der Waals surface area (Å²) in [7, 11) is -3.26. The Morgan fingerprint density at radius 3 is 2.27 bits per heavy atom. The number of hydrogen-bond donors (Lipinski definition) is 2. The van der Waals surface area contributed by atoms with E-state index in [0.717, 1.165) is 0 Å². The fourth-order valence-electron chi connectivity index (χ4n) is 3.38. The number of nitriles is 1. The quantitative estimate of drug-likeness (QED) is 0.362. The minimum Gasteiger partial charge on any atom is -0.497 e. The normalized spacial score (nSPS) is 11.6. The van der Waals surface area contributed by atoms with E-state index in [-0.39, 0.29) is 9.87 Å². The van der Waals surface area contributed by atoms with E-state index in [2.05, 4.69) is 0 Å². The van der Waals surface area contributed by atoms with E-state index in [1.54, 1.807) is 0 Å².